The van der Waals surface area contributed by atoms with Gasteiger partial charge in [-0.2, -0.15) is 0 Å². The van der Waals surface area contributed by atoms with Crippen LogP contribution in [0.25, 0.3) is 0 Å². The van der Waals surface area contributed by atoms with Crippen molar-refractivity contribution in [3.8, 4) is 5.75 Å². The van der Waals surface area contributed by atoms with Crippen LogP contribution in [0.15, 0.2) is 29.8 Å². The van der Waals surface area contributed by atoms with Gasteiger partial charge in [0.05, 0.1) is 5.60 Å². The number of para-hydroxylation sites is 1. The second-order valence-corrected chi connectivity index (χ2v) is 11.2. The number of hydrogen-bond donors (Lipinski definition) is 1. The van der Waals surface area contributed by atoms with Crippen LogP contribution < -0.4 is 9.64 Å². The molecular formula is C24H34N4O2S. The Hall–Kier alpha value is -1.70. The molecule has 5 rings (SSSR count). The van der Waals surface area contributed by atoms with E-state index >= 15 is 0 Å². The number of aromatic nitrogens is 2. The molecule has 1 aromatic heterocycles. The molecule has 3 aliphatic rings. The Morgan fingerprint density at radius 2 is 1.97 bits per heavy atom. The van der Waals surface area contributed by atoms with E-state index in [-0.39, 0.29) is 0 Å². The number of nitrogens with zero attached hydrogens (tertiary/aromatic N) is 4. The first-order valence-electron chi connectivity index (χ1n) is 11.6. The maximum Gasteiger partial charge on any atom is 0.208 e. The van der Waals surface area contributed by atoms with E-state index in [0.29, 0.717) is 17.9 Å². The molecule has 1 N–H and O–H groups in total. The van der Waals surface area contributed by atoms with Crippen LogP contribution in [0.2, 0.25) is 0 Å². The van der Waals surface area contributed by atoms with Crippen LogP contribution in [0.1, 0.15) is 57.4 Å². The van der Waals surface area contributed by atoms with Crippen LogP contribution >= 0.6 is 11.3 Å². The Kier molecular flexibility index (Phi) is 5.69. The van der Waals surface area contributed by atoms with Crippen LogP contribution in [0.5, 0.6) is 5.75 Å². The lowest BCUT2D eigenvalue weighted by Crippen LogP contribution is -2.56. The molecule has 2 aliphatic heterocycles. The fourth-order valence-corrected chi connectivity index (χ4v) is 6.32. The van der Waals surface area contributed by atoms with E-state index in [1.807, 2.05) is 11.6 Å². The standard InChI is InChI=1S/C24H34N4O2S/c1-23(2,29)16-30-21-6-4-3-5-20(21)18-8-11-27(12-9-18)19-7-10-24(13-19)14-28(15-24)22-26-25-17-31-22/h3-6,17-19,29H,7-16H2,1-2H3/t19-/m1/s1. The van der Waals surface area contributed by atoms with E-state index in [1.165, 1.54) is 50.8 Å². The summed E-state index contributed by atoms with van der Waals surface area (Å²) in [6, 6.07) is 9.13. The SMILES string of the molecule is CC(C)(O)COc1ccccc1C1CCN([C@@H]2CCC3(C2)CN(c2nncs2)C3)CC1. The van der Waals surface area contributed by atoms with Gasteiger partial charge in [-0.05, 0) is 76.6 Å². The molecule has 2 aromatic rings. The van der Waals surface area contributed by atoms with Gasteiger partial charge in [0.15, 0.2) is 0 Å². The van der Waals surface area contributed by atoms with E-state index in [9.17, 15) is 5.11 Å². The summed E-state index contributed by atoms with van der Waals surface area (Å²) in [7, 11) is 0. The number of anilines is 1. The lowest BCUT2D eigenvalue weighted by atomic mass is 9.78. The monoisotopic (exact) mass is 442 g/mol. The van der Waals surface area contributed by atoms with E-state index in [1.54, 1.807) is 25.2 Å². The van der Waals surface area contributed by atoms with Gasteiger partial charge in [0, 0.05) is 24.5 Å². The number of ether oxygens (including phenoxy) is 1. The van der Waals surface area contributed by atoms with Crippen LogP contribution in [0.4, 0.5) is 5.13 Å². The number of benzene rings is 1. The van der Waals surface area contributed by atoms with Crippen molar-refractivity contribution in [1.82, 2.24) is 15.1 Å². The van der Waals surface area contributed by atoms with Gasteiger partial charge in [-0.25, -0.2) is 0 Å². The molecule has 7 heteroatoms. The van der Waals surface area contributed by atoms with Crippen molar-refractivity contribution in [2.75, 3.05) is 37.7 Å². The quantitative estimate of drug-likeness (QED) is 0.732. The zero-order chi connectivity index (χ0) is 21.5. The fourth-order valence-electron chi connectivity index (χ4n) is 5.76. The van der Waals surface area contributed by atoms with Gasteiger partial charge in [0.2, 0.25) is 5.13 Å². The largest absolute Gasteiger partial charge is 0.490 e. The predicted octanol–water partition coefficient (Wildman–Crippen LogP) is 3.93. The van der Waals surface area contributed by atoms with Crippen LogP contribution in [0, 0.1) is 5.41 Å². The highest BCUT2D eigenvalue weighted by atomic mass is 32.1. The van der Waals surface area contributed by atoms with Gasteiger partial charge in [0.25, 0.3) is 0 Å². The maximum atomic E-state index is 10.0. The highest BCUT2D eigenvalue weighted by Gasteiger charge is 2.50. The van der Waals surface area contributed by atoms with Crippen LogP contribution in [-0.2, 0) is 0 Å². The molecule has 0 unspecified atom stereocenters. The van der Waals surface area contributed by atoms with Crippen molar-refractivity contribution in [1.29, 1.82) is 0 Å². The smallest absolute Gasteiger partial charge is 0.208 e. The zero-order valence-electron chi connectivity index (χ0n) is 18.7. The Balaban J connectivity index is 1.14. The Bertz CT molecular complexity index is 868. The summed E-state index contributed by atoms with van der Waals surface area (Å²) in [6.07, 6.45) is 6.38. The minimum Gasteiger partial charge on any atom is -0.490 e. The number of hydrogen-bond acceptors (Lipinski definition) is 7. The molecule has 0 bridgehead atoms. The molecule has 1 saturated carbocycles. The highest BCUT2D eigenvalue weighted by molar-refractivity contribution is 7.13. The molecular weight excluding hydrogens is 408 g/mol. The van der Waals surface area contributed by atoms with E-state index in [4.69, 9.17) is 4.74 Å². The van der Waals surface area contributed by atoms with E-state index in [0.717, 1.165) is 30.0 Å². The van der Waals surface area contributed by atoms with Crippen molar-refractivity contribution in [3.63, 3.8) is 0 Å². The van der Waals surface area contributed by atoms with Crippen LogP contribution in [-0.4, -0.2) is 64.6 Å². The Morgan fingerprint density at radius 1 is 1.19 bits per heavy atom. The summed E-state index contributed by atoms with van der Waals surface area (Å²) >= 11 is 1.65. The van der Waals surface area contributed by atoms with Crippen LogP contribution in [0.3, 0.4) is 0 Å². The van der Waals surface area contributed by atoms with Gasteiger partial charge in [0.1, 0.15) is 17.9 Å². The fraction of sp³-hybridized carbons (Fsp3) is 0.667. The summed E-state index contributed by atoms with van der Waals surface area (Å²) in [5.41, 5.74) is 2.82. The minimum absolute atomic E-state index is 0.321. The molecule has 1 atom stereocenters. The normalized spacial score (nSPS) is 24.5. The van der Waals surface area contributed by atoms with Crippen molar-refractivity contribution < 1.29 is 9.84 Å². The van der Waals surface area contributed by atoms with Gasteiger partial charge in [-0.1, -0.05) is 29.5 Å². The molecule has 1 aromatic carbocycles. The molecule has 31 heavy (non-hydrogen) atoms. The molecule has 2 saturated heterocycles. The lowest BCUT2D eigenvalue weighted by Gasteiger charge is -2.48. The third-order valence-corrected chi connectivity index (χ3v) is 8.08. The lowest BCUT2D eigenvalue weighted by molar-refractivity contribution is 0.0278. The molecule has 3 fully saturated rings. The highest BCUT2D eigenvalue weighted by Crippen LogP contribution is 2.49. The third kappa shape index (κ3) is 4.59. The molecule has 168 valence electrons. The summed E-state index contributed by atoms with van der Waals surface area (Å²) < 4.78 is 5.99. The first-order valence-corrected chi connectivity index (χ1v) is 12.5. The number of aliphatic hydroxyl groups is 1. The molecule has 6 nitrogen and oxygen atoms in total. The van der Waals surface area contributed by atoms with E-state index in [2.05, 4.69) is 38.2 Å². The first-order chi connectivity index (χ1) is 14.9. The average molecular weight is 443 g/mol. The van der Waals surface area contributed by atoms with Crippen molar-refractivity contribution >= 4 is 16.5 Å². The molecule has 1 aliphatic carbocycles. The molecule has 1 spiro atoms. The predicted molar refractivity (Wildman–Crippen MR) is 124 cm³/mol. The molecule has 0 amide bonds. The number of likely N-dealkylation sites (tertiary alicyclic amines) is 1. The van der Waals surface area contributed by atoms with E-state index < -0.39 is 5.60 Å². The van der Waals surface area contributed by atoms with Crippen molar-refractivity contribution in [2.45, 2.75) is 63.5 Å². The molecule has 3 heterocycles. The average Bonchev–Trinajstić information content (AvgIpc) is 3.41. The minimum atomic E-state index is -0.817. The summed E-state index contributed by atoms with van der Waals surface area (Å²) in [4.78, 5) is 5.15. The molecule has 0 radical (unpaired) electrons. The number of piperidine rings is 1. The zero-order valence-corrected chi connectivity index (χ0v) is 19.5. The Morgan fingerprint density at radius 3 is 2.68 bits per heavy atom. The van der Waals surface area contributed by atoms with Gasteiger partial charge < -0.3 is 19.6 Å². The summed E-state index contributed by atoms with van der Waals surface area (Å²) in [5.74, 6) is 1.48. The van der Waals surface area contributed by atoms with Crippen molar-refractivity contribution in [2.24, 2.45) is 5.41 Å². The third-order valence-electron chi connectivity index (χ3n) is 7.33. The summed E-state index contributed by atoms with van der Waals surface area (Å²) in [5, 5.41) is 19.3. The second-order valence-electron chi connectivity index (χ2n) is 10.4. The van der Waals surface area contributed by atoms with Gasteiger partial charge in [-0.3, -0.25) is 0 Å². The topological polar surface area (TPSA) is 61.7 Å². The first kappa shape index (κ1) is 21.2. The van der Waals surface area contributed by atoms with Gasteiger partial charge >= 0.3 is 0 Å². The van der Waals surface area contributed by atoms with Gasteiger partial charge in [-0.15, -0.1) is 10.2 Å². The van der Waals surface area contributed by atoms with Crippen molar-refractivity contribution in [3.05, 3.63) is 35.3 Å². The number of rotatable bonds is 6. The Labute approximate surface area is 189 Å². The second kappa shape index (κ2) is 8.34. The summed E-state index contributed by atoms with van der Waals surface area (Å²) in [6.45, 7) is 8.55. The maximum absolute atomic E-state index is 10.0.